The zero-order chi connectivity index (χ0) is 15.5. The molecule has 1 N–H and O–H groups in total. The molecule has 1 heteroatoms. The Bertz CT molecular complexity index is 576. The second kappa shape index (κ2) is 6.44. The van der Waals surface area contributed by atoms with Crippen molar-refractivity contribution in [2.24, 2.45) is 0 Å². The summed E-state index contributed by atoms with van der Waals surface area (Å²) in [5.41, 5.74) is 5.70. The van der Waals surface area contributed by atoms with Gasteiger partial charge >= 0.3 is 0 Å². The summed E-state index contributed by atoms with van der Waals surface area (Å²) < 4.78 is 0. The Balaban J connectivity index is 2.38. The van der Waals surface area contributed by atoms with Gasteiger partial charge in [0, 0.05) is 0 Å². The van der Waals surface area contributed by atoms with Gasteiger partial charge in [0.25, 0.3) is 0 Å². The van der Waals surface area contributed by atoms with Crippen molar-refractivity contribution in [3.8, 4) is 0 Å². The quantitative estimate of drug-likeness (QED) is 0.844. The summed E-state index contributed by atoms with van der Waals surface area (Å²) in [5, 5.41) is 3.47. The molecule has 21 heavy (non-hydrogen) atoms. The molecular formula is C20H27N. The fraction of sp³-hybridized carbons (Fsp3) is 0.400. The molecule has 2 rings (SSSR count). The van der Waals surface area contributed by atoms with Gasteiger partial charge < -0.3 is 5.32 Å². The Morgan fingerprint density at radius 1 is 0.952 bits per heavy atom. The molecule has 0 fully saturated rings. The van der Waals surface area contributed by atoms with Gasteiger partial charge in [-0.05, 0) is 41.1 Å². The third kappa shape index (κ3) is 3.54. The van der Waals surface area contributed by atoms with Crippen LogP contribution in [0.3, 0.4) is 0 Å². The number of hydrogen-bond donors (Lipinski definition) is 1. The van der Waals surface area contributed by atoms with Crippen LogP contribution in [0, 0.1) is 0 Å². The lowest BCUT2D eigenvalue weighted by Gasteiger charge is -2.23. The first kappa shape index (κ1) is 15.8. The minimum Gasteiger partial charge on any atom is -0.309 e. The van der Waals surface area contributed by atoms with E-state index in [4.69, 9.17) is 0 Å². The van der Waals surface area contributed by atoms with Crippen molar-refractivity contribution >= 4 is 0 Å². The highest BCUT2D eigenvalue weighted by atomic mass is 14.9. The van der Waals surface area contributed by atoms with Crippen molar-refractivity contribution in [3.05, 3.63) is 70.8 Å². The molecule has 1 nitrogen and oxygen atoms in total. The van der Waals surface area contributed by atoms with Crippen LogP contribution in [0.4, 0.5) is 0 Å². The molecule has 2 aromatic carbocycles. The van der Waals surface area contributed by atoms with Gasteiger partial charge in [-0.25, -0.2) is 0 Å². The molecule has 2 aromatic rings. The third-order valence-corrected chi connectivity index (χ3v) is 4.15. The SMILES string of the molecule is CCc1ccccc1C(NC)c1ccc(C(C)(C)C)cc1. The van der Waals surface area contributed by atoms with E-state index in [2.05, 4.69) is 81.5 Å². The summed E-state index contributed by atoms with van der Waals surface area (Å²) in [6.07, 6.45) is 1.06. The van der Waals surface area contributed by atoms with Crippen LogP contribution in [0.5, 0.6) is 0 Å². The lowest BCUT2D eigenvalue weighted by atomic mass is 9.85. The number of hydrogen-bond acceptors (Lipinski definition) is 1. The van der Waals surface area contributed by atoms with Gasteiger partial charge in [0.15, 0.2) is 0 Å². The van der Waals surface area contributed by atoms with E-state index in [9.17, 15) is 0 Å². The summed E-state index contributed by atoms with van der Waals surface area (Å²) in [7, 11) is 2.04. The van der Waals surface area contributed by atoms with Crippen LogP contribution < -0.4 is 5.32 Å². The van der Waals surface area contributed by atoms with Crippen molar-refractivity contribution in [1.29, 1.82) is 0 Å². The highest BCUT2D eigenvalue weighted by Crippen LogP contribution is 2.28. The maximum Gasteiger partial charge on any atom is 0.0576 e. The summed E-state index contributed by atoms with van der Waals surface area (Å²) in [6.45, 7) is 8.98. The Kier molecular flexibility index (Phi) is 4.84. The van der Waals surface area contributed by atoms with Crippen molar-refractivity contribution < 1.29 is 0 Å². The molecule has 1 atom stereocenters. The van der Waals surface area contributed by atoms with E-state index in [1.165, 1.54) is 22.3 Å². The maximum absolute atomic E-state index is 3.47. The van der Waals surface area contributed by atoms with Crippen LogP contribution >= 0.6 is 0 Å². The number of rotatable bonds is 4. The van der Waals surface area contributed by atoms with Crippen LogP contribution in [-0.2, 0) is 11.8 Å². The smallest absolute Gasteiger partial charge is 0.0576 e. The van der Waals surface area contributed by atoms with Gasteiger partial charge in [-0.1, -0.05) is 76.2 Å². The molecule has 112 valence electrons. The molecule has 0 radical (unpaired) electrons. The van der Waals surface area contributed by atoms with Crippen LogP contribution in [0.2, 0.25) is 0 Å². The molecule has 0 aromatic heterocycles. The molecular weight excluding hydrogens is 254 g/mol. The zero-order valence-electron chi connectivity index (χ0n) is 13.9. The first-order chi connectivity index (χ1) is 9.97. The highest BCUT2D eigenvalue weighted by molar-refractivity contribution is 5.39. The largest absolute Gasteiger partial charge is 0.309 e. The molecule has 0 aliphatic heterocycles. The van der Waals surface area contributed by atoms with Crippen LogP contribution in [-0.4, -0.2) is 7.05 Å². The molecule has 0 bridgehead atoms. The molecule has 0 saturated carbocycles. The van der Waals surface area contributed by atoms with E-state index in [1.54, 1.807) is 0 Å². The van der Waals surface area contributed by atoms with E-state index in [0.717, 1.165) is 6.42 Å². The number of aryl methyl sites for hydroxylation is 1. The van der Waals surface area contributed by atoms with Crippen LogP contribution in [0.15, 0.2) is 48.5 Å². The van der Waals surface area contributed by atoms with Crippen molar-refractivity contribution in [2.45, 2.75) is 45.6 Å². The molecule has 0 aliphatic rings. The van der Waals surface area contributed by atoms with E-state index >= 15 is 0 Å². The van der Waals surface area contributed by atoms with E-state index < -0.39 is 0 Å². The van der Waals surface area contributed by atoms with E-state index in [-0.39, 0.29) is 11.5 Å². The minimum absolute atomic E-state index is 0.203. The van der Waals surface area contributed by atoms with Gasteiger partial charge in [-0.15, -0.1) is 0 Å². The predicted molar refractivity (Wildman–Crippen MR) is 91.9 cm³/mol. The molecule has 0 saturated heterocycles. The Labute approximate surface area is 129 Å². The van der Waals surface area contributed by atoms with Crippen LogP contribution in [0.25, 0.3) is 0 Å². The highest BCUT2D eigenvalue weighted by Gasteiger charge is 2.17. The van der Waals surface area contributed by atoms with Gasteiger partial charge in [0.1, 0.15) is 0 Å². The first-order valence-electron chi connectivity index (χ1n) is 7.83. The predicted octanol–water partition coefficient (Wildman–Crippen LogP) is 4.86. The second-order valence-electron chi connectivity index (χ2n) is 6.65. The normalized spacial score (nSPS) is 13.2. The lowest BCUT2D eigenvalue weighted by molar-refractivity contribution is 0.589. The topological polar surface area (TPSA) is 12.0 Å². The minimum atomic E-state index is 0.203. The van der Waals surface area contributed by atoms with Crippen molar-refractivity contribution in [2.75, 3.05) is 7.05 Å². The molecule has 1 unspecified atom stereocenters. The third-order valence-electron chi connectivity index (χ3n) is 4.15. The maximum atomic E-state index is 3.47. The van der Waals surface area contributed by atoms with Gasteiger partial charge in [0.2, 0.25) is 0 Å². The van der Waals surface area contributed by atoms with E-state index in [0.29, 0.717) is 0 Å². The number of nitrogens with one attached hydrogen (secondary N) is 1. The average Bonchev–Trinajstić information content (AvgIpc) is 2.48. The summed E-state index contributed by atoms with van der Waals surface area (Å²) in [6, 6.07) is 18.0. The van der Waals surface area contributed by atoms with Crippen molar-refractivity contribution in [1.82, 2.24) is 5.32 Å². The van der Waals surface area contributed by atoms with E-state index in [1.807, 2.05) is 7.05 Å². The lowest BCUT2D eigenvalue weighted by Crippen LogP contribution is -2.19. The monoisotopic (exact) mass is 281 g/mol. The van der Waals surface area contributed by atoms with Gasteiger partial charge in [-0.3, -0.25) is 0 Å². The first-order valence-corrected chi connectivity index (χ1v) is 7.83. The van der Waals surface area contributed by atoms with Crippen LogP contribution in [0.1, 0.15) is 56.0 Å². The molecule has 0 spiro atoms. The average molecular weight is 281 g/mol. The fourth-order valence-electron chi connectivity index (χ4n) is 2.82. The summed E-state index contributed by atoms with van der Waals surface area (Å²) >= 11 is 0. The standard InChI is InChI=1S/C20H27N/c1-6-15-9-7-8-10-18(15)19(21-5)16-11-13-17(14-12-16)20(2,3)4/h7-14,19,21H,6H2,1-5H3. The Morgan fingerprint density at radius 2 is 1.57 bits per heavy atom. The molecule has 0 heterocycles. The molecule has 0 amide bonds. The number of benzene rings is 2. The molecule has 0 aliphatic carbocycles. The second-order valence-corrected chi connectivity index (χ2v) is 6.65. The Hall–Kier alpha value is -1.60. The fourth-order valence-corrected chi connectivity index (χ4v) is 2.82. The van der Waals surface area contributed by atoms with Gasteiger partial charge in [-0.2, -0.15) is 0 Å². The summed E-state index contributed by atoms with van der Waals surface area (Å²) in [5.74, 6) is 0. The Morgan fingerprint density at radius 3 is 2.10 bits per heavy atom. The summed E-state index contributed by atoms with van der Waals surface area (Å²) in [4.78, 5) is 0. The zero-order valence-corrected chi connectivity index (χ0v) is 13.9. The van der Waals surface area contributed by atoms with Crippen molar-refractivity contribution in [3.63, 3.8) is 0 Å². The van der Waals surface area contributed by atoms with Gasteiger partial charge in [0.05, 0.1) is 6.04 Å².